The smallest absolute Gasteiger partial charge is 0.0245 e. The van der Waals surface area contributed by atoms with Gasteiger partial charge in [0.05, 0.1) is 0 Å². The number of hydrogen-bond acceptors (Lipinski definition) is 1. The van der Waals surface area contributed by atoms with Crippen LogP contribution < -0.4 is 0 Å². The number of aryl methyl sites for hydroxylation is 2. The summed E-state index contributed by atoms with van der Waals surface area (Å²) in [5.41, 5.74) is 10.7. The number of benzene rings is 3. The van der Waals surface area contributed by atoms with Gasteiger partial charge < -0.3 is 10.6 Å². The molecule has 0 aliphatic carbocycles. The Morgan fingerprint density at radius 2 is 1.12 bits per heavy atom. The molecular formula is C39H63MdN2-. The minimum atomic E-state index is 0. The molecule has 42 heavy (non-hydrogen) atoms. The van der Waals surface area contributed by atoms with Gasteiger partial charge in [0, 0.05) is 11.6 Å². The molecule has 2 nitrogen and oxygen atoms in total. The average molecular weight is 818 g/mol. The molecule has 3 aromatic rings. The average Bonchev–Trinajstić information content (AvgIpc) is 3.02. The van der Waals surface area contributed by atoms with Crippen LogP contribution in [0.15, 0.2) is 103 Å². The van der Waals surface area contributed by atoms with E-state index in [1.54, 1.807) is 0 Å². The fourth-order valence-electron chi connectivity index (χ4n) is 2.88. The van der Waals surface area contributed by atoms with E-state index in [1.807, 2.05) is 115 Å². The van der Waals surface area contributed by atoms with E-state index in [2.05, 4.69) is 75.3 Å². The molecule has 243 valence electrons. The van der Waals surface area contributed by atoms with Crippen LogP contribution in [0.3, 0.4) is 0 Å². The fourth-order valence-corrected chi connectivity index (χ4v) is 2.88. The maximum atomic E-state index is 5.75. The molecule has 0 spiro atoms. The Bertz CT molecular complexity index is 891. The van der Waals surface area contributed by atoms with Crippen molar-refractivity contribution >= 4 is 0 Å². The van der Waals surface area contributed by atoms with E-state index in [0.717, 1.165) is 11.6 Å². The molecule has 0 amide bonds. The number of rotatable bonds is 2. The van der Waals surface area contributed by atoms with Crippen LogP contribution in [0.25, 0.3) is 5.73 Å². The van der Waals surface area contributed by atoms with Crippen molar-refractivity contribution in [2.45, 2.75) is 95.0 Å². The summed E-state index contributed by atoms with van der Waals surface area (Å²) in [7, 11) is 1.25. The largest absolute Gasteiger partial charge is 0.680 e. The molecule has 4 rings (SSSR count). The molecule has 1 radical (unpaired) electrons. The summed E-state index contributed by atoms with van der Waals surface area (Å²) in [6, 6.07) is 31.3. The normalized spacial score (nSPS) is 11.3. The van der Waals surface area contributed by atoms with Crippen LogP contribution in [0.4, 0.5) is 0 Å². The molecular weight excluding hydrogens is 754 g/mol. The van der Waals surface area contributed by atoms with Crippen LogP contribution in [0.2, 0.25) is 0 Å². The van der Waals surface area contributed by atoms with E-state index in [0.29, 0.717) is 0 Å². The quantitative estimate of drug-likeness (QED) is 0.187. The van der Waals surface area contributed by atoms with Crippen LogP contribution in [-0.4, -0.2) is 31.1 Å². The molecule has 1 aliphatic rings. The molecule has 0 bridgehead atoms. The van der Waals surface area contributed by atoms with Gasteiger partial charge in [0.25, 0.3) is 0 Å². The zero-order chi connectivity index (χ0) is 32.3. The molecule has 0 aromatic heterocycles. The minimum absolute atomic E-state index is 0. The third-order valence-electron chi connectivity index (χ3n) is 4.90. The van der Waals surface area contributed by atoms with E-state index in [9.17, 15) is 0 Å². The molecule has 1 fully saturated rings. The molecule has 1 atom stereocenters. The summed E-state index contributed by atoms with van der Waals surface area (Å²) in [6.07, 6.45) is 2.73. The first-order valence-electron chi connectivity index (χ1n) is 15.2. The van der Waals surface area contributed by atoms with Gasteiger partial charge in [-0.1, -0.05) is 136 Å². The molecule has 1 saturated heterocycles. The van der Waals surface area contributed by atoms with Gasteiger partial charge in [-0.25, -0.2) is 0 Å². The van der Waals surface area contributed by atoms with Gasteiger partial charge >= 0.3 is 0 Å². The molecule has 3 heteroatoms. The third kappa shape index (κ3) is 35.9. The molecule has 1 aliphatic heterocycles. The van der Waals surface area contributed by atoms with Crippen molar-refractivity contribution in [3.8, 4) is 11.8 Å². The number of nitrogens with zero attached hydrogens (tertiary/aromatic N) is 1. The topological polar surface area (TPSA) is 27.0 Å². The van der Waals surface area contributed by atoms with Crippen LogP contribution in [0.5, 0.6) is 0 Å². The number of likely N-dealkylation sites (tertiary alicyclic amines) is 1. The standard InChI is InChI=1S/C9H8.C8H10.C7H15N.C6H6.C4H8.2C2H6.CH4N.Md/c1-2-6-9-7-4-3-5-8-9;1-7-3-5-8(2)6-4-7;1-3-5-8-6-4-7(8)2;1-2-4-6-5-3-1;1-4(2)3;3*1-2;/h3-5,7-8H,1H3;3-6H,1-2H3;7H,3-6H2,1-2H3;1-6H;1H2,2-3H3;2*1-2H3;2H,1H3;/q;;;;;;;-1;. The second-order valence-corrected chi connectivity index (χ2v) is 8.93. The van der Waals surface area contributed by atoms with Crippen molar-refractivity contribution in [3.05, 3.63) is 126 Å². The van der Waals surface area contributed by atoms with Gasteiger partial charge in [-0.15, -0.1) is 12.5 Å². The first-order valence-corrected chi connectivity index (χ1v) is 15.2. The van der Waals surface area contributed by atoms with E-state index in [-0.39, 0.29) is 0 Å². The van der Waals surface area contributed by atoms with E-state index in [4.69, 9.17) is 5.73 Å². The zero-order valence-electron chi connectivity index (χ0n) is 29.0. The van der Waals surface area contributed by atoms with Crippen molar-refractivity contribution < 1.29 is 0 Å². The van der Waals surface area contributed by atoms with Crippen LogP contribution >= 0.6 is 0 Å². The van der Waals surface area contributed by atoms with Gasteiger partial charge in [0.2, 0.25) is 0 Å². The van der Waals surface area contributed by atoms with Crippen molar-refractivity contribution in [2.75, 3.05) is 20.1 Å². The zero-order valence-corrected chi connectivity index (χ0v) is 31.3. The predicted molar refractivity (Wildman–Crippen MR) is 191 cm³/mol. The Labute approximate surface area is 257 Å². The fraction of sp³-hybridized carbons (Fsp3) is 0.436. The minimum Gasteiger partial charge on any atom is -0.680 e. The van der Waals surface area contributed by atoms with Gasteiger partial charge in [-0.3, -0.25) is 0 Å². The number of allylic oxidation sites excluding steroid dienone is 1. The molecule has 3 aromatic carbocycles. The van der Waals surface area contributed by atoms with Crippen LogP contribution in [0.1, 0.15) is 91.8 Å². The SMILES string of the molecule is C=C(C)C.CC.CC.CC#Cc1ccccc1.CCCN1CCC1C.C[NH-].Cc1ccc(C)cc1.[Md].c1ccccc1. The second kappa shape index (κ2) is 39.0. The van der Waals surface area contributed by atoms with E-state index >= 15 is 0 Å². The molecule has 1 heterocycles. The summed E-state index contributed by atoms with van der Waals surface area (Å²) < 4.78 is 0. The Kier molecular flexibility index (Phi) is 44.3. The Hall–Kier alpha value is -4.12. The third-order valence-corrected chi connectivity index (χ3v) is 4.90. The van der Waals surface area contributed by atoms with Gasteiger partial charge in [0.15, 0.2) is 0 Å². The maximum Gasteiger partial charge on any atom is 0.0245 e. The molecule has 1 unspecified atom stereocenters. The Morgan fingerprint density at radius 3 is 1.33 bits per heavy atom. The van der Waals surface area contributed by atoms with Crippen molar-refractivity contribution in [2.24, 2.45) is 0 Å². The Balaban J connectivity index is -0.000000131. The van der Waals surface area contributed by atoms with Crippen molar-refractivity contribution in [1.82, 2.24) is 4.90 Å². The van der Waals surface area contributed by atoms with Crippen LogP contribution in [0, 0.1) is 25.7 Å². The summed E-state index contributed by atoms with van der Waals surface area (Å²) >= 11 is 0. The van der Waals surface area contributed by atoms with Crippen molar-refractivity contribution in [3.63, 3.8) is 0 Å². The van der Waals surface area contributed by atoms with Gasteiger partial charge in [0.1, 0.15) is 0 Å². The predicted octanol–water partition coefficient (Wildman–Crippen LogP) is 11.8. The number of hydrogen-bond donors (Lipinski definition) is 0. The van der Waals surface area contributed by atoms with Crippen LogP contribution in [-0.2, 0) is 0 Å². The molecule has 0 saturated carbocycles. The summed E-state index contributed by atoms with van der Waals surface area (Å²) in [6.45, 7) is 28.7. The maximum absolute atomic E-state index is 5.75. The van der Waals surface area contributed by atoms with E-state index in [1.165, 1.54) is 49.7 Å². The summed E-state index contributed by atoms with van der Waals surface area (Å²) in [5.74, 6) is 5.79. The second-order valence-electron chi connectivity index (χ2n) is 8.93. The number of nitrogens with one attached hydrogen (secondary N) is 1. The first-order chi connectivity index (χ1) is 19.8. The summed E-state index contributed by atoms with van der Waals surface area (Å²) in [5, 5.41) is 0. The van der Waals surface area contributed by atoms with Gasteiger partial charge in [-0.2, -0.15) is 7.05 Å². The van der Waals surface area contributed by atoms with E-state index < -0.39 is 0 Å². The van der Waals surface area contributed by atoms with Gasteiger partial charge in [-0.05, 0) is 79.6 Å². The Morgan fingerprint density at radius 1 is 0.786 bits per heavy atom. The first kappa shape index (κ1) is 47.7. The summed E-state index contributed by atoms with van der Waals surface area (Å²) in [4.78, 5) is 2.53. The van der Waals surface area contributed by atoms with Crippen molar-refractivity contribution in [1.29, 1.82) is 0 Å². The molecule has 1 N–H and O–H groups in total. The monoisotopic (exact) mass is 818 g/mol.